The van der Waals surface area contributed by atoms with Crippen molar-refractivity contribution in [3.05, 3.63) is 20.8 Å². The van der Waals surface area contributed by atoms with Gasteiger partial charge in [0.05, 0.1) is 4.88 Å². The molecule has 0 fully saturated rings. The third-order valence-corrected chi connectivity index (χ3v) is 2.82. The van der Waals surface area contributed by atoms with E-state index in [9.17, 15) is 13.6 Å². The van der Waals surface area contributed by atoms with Gasteiger partial charge in [-0.15, -0.1) is 11.3 Å². The highest BCUT2D eigenvalue weighted by atomic mass is 79.9. The minimum Gasteiger partial charge on any atom is -0.296 e. The molecule has 0 saturated heterocycles. The summed E-state index contributed by atoms with van der Waals surface area (Å²) < 4.78 is 25.6. The molecular formula is C6H3BrF2OS. The molecule has 1 heterocycles. The lowest BCUT2D eigenvalue weighted by Gasteiger charge is -2.03. The SMILES string of the molecule is O=CC(F)(F)c1cc(Br)cs1. The molecule has 60 valence electrons. The topological polar surface area (TPSA) is 17.1 Å². The zero-order valence-electron chi connectivity index (χ0n) is 5.18. The summed E-state index contributed by atoms with van der Waals surface area (Å²) in [5.41, 5.74) is 0. The molecule has 1 aromatic rings. The number of carbonyl (C=O) groups excluding carboxylic acids is 1. The van der Waals surface area contributed by atoms with Crippen LogP contribution in [0.4, 0.5) is 8.78 Å². The van der Waals surface area contributed by atoms with Gasteiger partial charge in [-0.25, -0.2) is 0 Å². The molecule has 0 radical (unpaired) electrons. The Bertz CT molecular complexity index is 271. The second-order valence-electron chi connectivity index (χ2n) is 1.87. The van der Waals surface area contributed by atoms with Crippen molar-refractivity contribution >= 4 is 33.6 Å². The lowest BCUT2D eigenvalue weighted by Crippen LogP contribution is -2.12. The number of halogens is 3. The molecule has 0 N–H and O–H groups in total. The largest absolute Gasteiger partial charge is 0.336 e. The third-order valence-electron chi connectivity index (χ3n) is 1.04. The van der Waals surface area contributed by atoms with Gasteiger partial charge in [0.1, 0.15) is 0 Å². The standard InChI is InChI=1S/C6H3BrF2OS/c7-4-1-5(11-2-4)6(8,9)3-10/h1-3H. The monoisotopic (exact) mass is 240 g/mol. The molecule has 0 saturated carbocycles. The summed E-state index contributed by atoms with van der Waals surface area (Å²) in [6, 6.07) is 1.24. The van der Waals surface area contributed by atoms with Crippen LogP contribution in [-0.4, -0.2) is 6.29 Å². The van der Waals surface area contributed by atoms with E-state index in [1.807, 2.05) is 0 Å². The van der Waals surface area contributed by atoms with Gasteiger partial charge in [0, 0.05) is 9.85 Å². The van der Waals surface area contributed by atoms with Crippen molar-refractivity contribution in [3.63, 3.8) is 0 Å². The van der Waals surface area contributed by atoms with Crippen LogP contribution in [0.2, 0.25) is 0 Å². The van der Waals surface area contributed by atoms with Crippen LogP contribution in [0.15, 0.2) is 15.9 Å². The van der Waals surface area contributed by atoms with Gasteiger partial charge in [0.2, 0.25) is 0 Å². The van der Waals surface area contributed by atoms with Crippen molar-refractivity contribution in [2.75, 3.05) is 0 Å². The maximum absolute atomic E-state index is 12.5. The lowest BCUT2D eigenvalue weighted by atomic mass is 10.3. The minimum atomic E-state index is -3.34. The number of hydrogen-bond donors (Lipinski definition) is 0. The lowest BCUT2D eigenvalue weighted by molar-refractivity contribution is -0.129. The summed E-state index contributed by atoms with van der Waals surface area (Å²) in [7, 11) is 0. The molecule has 0 aliphatic carbocycles. The van der Waals surface area contributed by atoms with E-state index in [4.69, 9.17) is 0 Å². The highest BCUT2D eigenvalue weighted by Crippen LogP contribution is 2.32. The molecule has 1 aromatic heterocycles. The molecule has 5 heteroatoms. The van der Waals surface area contributed by atoms with Gasteiger partial charge in [0.15, 0.2) is 6.29 Å². The van der Waals surface area contributed by atoms with Crippen molar-refractivity contribution in [2.45, 2.75) is 5.92 Å². The second-order valence-corrected chi connectivity index (χ2v) is 3.70. The van der Waals surface area contributed by atoms with Crippen LogP contribution in [0.3, 0.4) is 0 Å². The first-order valence-electron chi connectivity index (χ1n) is 2.65. The van der Waals surface area contributed by atoms with Crippen LogP contribution in [0.5, 0.6) is 0 Å². The predicted molar refractivity (Wildman–Crippen MR) is 42.0 cm³/mol. The maximum atomic E-state index is 12.5. The van der Waals surface area contributed by atoms with E-state index in [1.165, 1.54) is 11.4 Å². The smallest absolute Gasteiger partial charge is 0.296 e. The highest BCUT2D eigenvalue weighted by molar-refractivity contribution is 9.10. The van der Waals surface area contributed by atoms with Crippen molar-refractivity contribution in [1.82, 2.24) is 0 Å². The molecule has 0 aliphatic heterocycles. The molecule has 1 nitrogen and oxygen atoms in total. The molecule has 0 spiro atoms. The van der Waals surface area contributed by atoms with Gasteiger partial charge in [-0.1, -0.05) is 0 Å². The minimum absolute atomic E-state index is 0.237. The van der Waals surface area contributed by atoms with E-state index in [0.717, 1.165) is 11.3 Å². The van der Waals surface area contributed by atoms with E-state index < -0.39 is 5.92 Å². The van der Waals surface area contributed by atoms with Gasteiger partial charge < -0.3 is 0 Å². The zero-order valence-corrected chi connectivity index (χ0v) is 7.58. The van der Waals surface area contributed by atoms with Crippen molar-refractivity contribution in [1.29, 1.82) is 0 Å². The Morgan fingerprint density at radius 1 is 1.64 bits per heavy atom. The van der Waals surface area contributed by atoms with E-state index in [0.29, 0.717) is 4.47 Å². The summed E-state index contributed by atoms with van der Waals surface area (Å²) in [4.78, 5) is 9.64. The third kappa shape index (κ3) is 1.84. The molecule has 0 aromatic carbocycles. The van der Waals surface area contributed by atoms with E-state index >= 15 is 0 Å². The van der Waals surface area contributed by atoms with Gasteiger partial charge in [-0.05, 0) is 22.0 Å². The molecule has 0 bridgehead atoms. The number of rotatable bonds is 2. The van der Waals surface area contributed by atoms with Crippen LogP contribution >= 0.6 is 27.3 Å². The van der Waals surface area contributed by atoms with Gasteiger partial charge in [-0.3, -0.25) is 4.79 Å². The molecule has 0 amide bonds. The Hall–Kier alpha value is -0.290. The van der Waals surface area contributed by atoms with Crippen LogP contribution < -0.4 is 0 Å². The summed E-state index contributed by atoms with van der Waals surface area (Å²) in [6.45, 7) is 0. The molecular weight excluding hydrogens is 238 g/mol. The summed E-state index contributed by atoms with van der Waals surface area (Å²) in [6.07, 6.45) is -0.356. The molecule has 11 heavy (non-hydrogen) atoms. The Balaban J connectivity index is 3.01. The summed E-state index contributed by atoms with van der Waals surface area (Å²) in [5.74, 6) is -3.34. The number of hydrogen-bond acceptors (Lipinski definition) is 2. The van der Waals surface area contributed by atoms with E-state index in [2.05, 4.69) is 15.9 Å². The molecule has 0 unspecified atom stereocenters. The van der Waals surface area contributed by atoms with Crippen LogP contribution in [0.1, 0.15) is 4.88 Å². The molecule has 0 aliphatic rings. The Morgan fingerprint density at radius 2 is 2.27 bits per heavy atom. The second kappa shape index (κ2) is 2.98. The number of carbonyl (C=O) groups is 1. The fourth-order valence-electron chi connectivity index (χ4n) is 0.546. The first-order chi connectivity index (χ1) is 5.06. The van der Waals surface area contributed by atoms with Crippen molar-refractivity contribution in [2.24, 2.45) is 0 Å². The van der Waals surface area contributed by atoms with Crippen LogP contribution in [-0.2, 0) is 10.7 Å². The van der Waals surface area contributed by atoms with E-state index in [-0.39, 0.29) is 11.2 Å². The normalized spacial score (nSPS) is 11.5. The first kappa shape index (κ1) is 8.80. The molecule has 1 rings (SSSR count). The number of thiophene rings is 1. The Kier molecular flexibility index (Phi) is 2.39. The highest BCUT2D eigenvalue weighted by Gasteiger charge is 2.32. The van der Waals surface area contributed by atoms with Crippen LogP contribution in [0, 0.1) is 0 Å². The quantitative estimate of drug-likeness (QED) is 0.727. The Labute approximate surface area is 74.2 Å². The average molecular weight is 241 g/mol. The van der Waals surface area contributed by atoms with Crippen molar-refractivity contribution < 1.29 is 13.6 Å². The zero-order chi connectivity index (χ0) is 8.48. The average Bonchev–Trinajstić information content (AvgIpc) is 2.36. The summed E-state index contributed by atoms with van der Waals surface area (Å²) in [5, 5.41) is 1.51. The number of aldehydes is 1. The Morgan fingerprint density at radius 3 is 2.64 bits per heavy atom. The van der Waals surface area contributed by atoms with Gasteiger partial charge >= 0.3 is 5.92 Å². The maximum Gasteiger partial charge on any atom is 0.336 e. The number of alkyl halides is 2. The molecule has 0 atom stereocenters. The fraction of sp³-hybridized carbons (Fsp3) is 0.167. The first-order valence-corrected chi connectivity index (χ1v) is 4.32. The van der Waals surface area contributed by atoms with Gasteiger partial charge in [0.25, 0.3) is 0 Å². The van der Waals surface area contributed by atoms with Crippen molar-refractivity contribution in [3.8, 4) is 0 Å². The van der Waals surface area contributed by atoms with Gasteiger partial charge in [-0.2, -0.15) is 8.78 Å². The summed E-state index contributed by atoms with van der Waals surface area (Å²) >= 11 is 3.87. The predicted octanol–water partition coefficient (Wildman–Crippen LogP) is 2.80. The fourth-order valence-corrected chi connectivity index (χ4v) is 1.91. The van der Waals surface area contributed by atoms with E-state index in [1.54, 1.807) is 0 Å². The van der Waals surface area contributed by atoms with Crippen LogP contribution in [0.25, 0.3) is 0 Å².